The zero-order valence-electron chi connectivity index (χ0n) is 21.8. The van der Waals surface area contributed by atoms with Gasteiger partial charge in [0.1, 0.15) is 22.6 Å². The van der Waals surface area contributed by atoms with Gasteiger partial charge in [-0.15, -0.1) is 0 Å². The van der Waals surface area contributed by atoms with Crippen LogP contribution in [0.4, 0.5) is 0 Å². The average Bonchev–Trinajstić information content (AvgIpc) is 3.69. The summed E-state index contributed by atoms with van der Waals surface area (Å²) < 4.78 is 0. The Bertz CT molecular complexity index is 2250. The second kappa shape index (κ2) is 8.51. The Kier molecular flexibility index (Phi) is 4.78. The maximum atomic E-state index is 5.02. The van der Waals surface area contributed by atoms with E-state index < -0.39 is 0 Å². The van der Waals surface area contributed by atoms with Crippen LogP contribution < -0.4 is 0 Å². The highest BCUT2D eigenvalue weighted by atomic mass is 15.1. The van der Waals surface area contributed by atoms with Crippen LogP contribution in [-0.2, 0) is 0 Å². The van der Waals surface area contributed by atoms with Crippen LogP contribution in [0.15, 0.2) is 84.9 Å². The van der Waals surface area contributed by atoms with Crippen molar-refractivity contribution in [1.29, 1.82) is 0 Å². The number of hydrogen-bond donors (Lipinski definition) is 2. The molecular formula is C32H22N8. The van der Waals surface area contributed by atoms with E-state index in [1.807, 2.05) is 98.8 Å². The minimum atomic E-state index is 0.597. The van der Waals surface area contributed by atoms with Crippen LogP contribution in [0.2, 0.25) is 0 Å². The zero-order valence-corrected chi connectivity index (χ0v) is 21.8. The highest BCUT2D eigenvalue weighted by Crippen LogP contribution is 2.35. The molecule has 3 aromatic carbocycles. The van der Waals surface area contributed by atoms with Gasteiger partial charge in [-0.3, -0.25) is 0 Å². The number of nitrogens with one attached hydrogen (secondary N) is 2. The van der Waals surface area contributed by atoms with Crippen LogP contribution in [0.5, 0.6) is 0 Å². The molecule has 40 heavy (non-hydrogen) atoms. The summed E-state index contributed by atoms with van der Waals surface area (Å²) in [4.78, 5) is 36.7. The molecule has 8 nitrogen and oxygen atoms in total. The number of aromatic amines is 2. The summed E-state index contributed by atoms with van der Waals surface area (Å²) >= 11 is 0. The Hall–Kier alpha value is -5.50. The van der Waals surface area contributed by atoms with Crippen molar-refractivity contribution in [1.82, 2.24) is 39.9 Å². The fraction of sp³-hybridized carbons (Fsp3) is 0.0625. The Morgan fingerprint density at radius 2 is 0.900 bits per heavy atom. The number of nitrogens with zero attached hydrogens (tertiary/aromatic N) is 6. The molecular weight excluding hydrogens is 496 g/mol. The molecule has 0 spiro atoms. The number of allylic oxidation sites excluding steroid dienone is 4. The van der Waals surface area contributed by atoms with E-state index in [1.54, 1.807) is 0 Å². The number of fused-ring (bicyclic) bond motifs is 17. The third-order valence-electron chi connectivity index (χ3n) is 7.37. The topological polar surface area (TPSA) is 109 Å². The van der Waals surface area contributed by atoms with Crippen LogP contribution in [-0.4, -0.2) is 39.9 Å². The lowest BCUT2D eigenvalue weighted by atomic mass is 10.1. The van der Waals surface area contributed by atoms with E-state index in [0.29, 0.717) is 45.9 Å². The van der Waals surface area contributed by atoms with Crippen LogP contribution >= 0.6 is 0 Å². The first kappa shape index (κ1) is 22.5. The summed E-state index contributed by atoms with van der Waals surface area (Å²) in [5.41, 5.74) is 6.48. The molecule has 0 atom stereocenters. The van der Waals surface area contributed by atoms with Gasteiger partial charge in [0, 0.05) is 43.8 Å². The minimum absolute atomic E-state index is 0.597. The summed E-state index contributed by atoms with van der Waals surface area (Å²) in [7, 11) is 0. The smallest absolute Gasteiger partial charge is 0.164 e. The number of hydrogen-bond acceptors (Lipinski definition) is 6. The predicted octanol–water partition coefficient (Wildman–Crippen LogP) is 7.04. The van der Waals surface area contributed by atoms with Gasteiger partial charge in [-0.25, -0.2) is 29.9 Å². The molecule has 6 aromatic rings. The molecule has 3 aromatic heterocycles. The third kappa shape index (κ3) is 3.32. The standard InChI is InChI=1S/C32H22N8/c1-3-10-18-17(2)25-33-26(18)35-28-21-13-6-7-14-22(21)30(37-28)39-32-24-16-9-8-15-23(24)31(40-32)38-29-20-12-5-4-11-19(20)27(34-25)36-29/h3-16H,1-2H3,(H2,33,34,35,36,37,38,39,40)/b10-3-. The molecule has 0 fully saturated rings. The first-order valence-electron chi connectivity index (χ1n) is 13.1. The monoisotopic (exact) mass is 518 g/mol. The molecule has 8 rings (SSSR count). The summed E-state index contributed by atoms with van der Waals surface area (Å²) in [6, 6.07) is 24.2. The summed E-state index contributed by atoms with van der Waals surface area (Å²) in [6.45, 7) is 4.01. The van der Waals surface area contributed by atoms with Crippen LogP contribution in [0, 0.1) is 0 Å². The Morgan fingerprint density at radius 1 is 0.500 bits per heavy atom. The van der Waals surface area contributed by atoms with Gasteiger partial charge in [0.25, 0.3) is 0 Å². The summed E-state index contributed by atoms with van der Waals surface area (Å²) in [5.74, 6) is 2.40. The number of H-pyrrole nitrogens is 2. The van der Waals surface area contributed by atoms with E-state index in [2.05, 4.69) is 9.97 Å². The Morgan fingerprint density at radius 3 is 1.38 bits per heavy atom. The second-order valence-corrected chi connectivity index (χ2v) is 9.79. The van der Waals surface area contributed by atoms with Crippen molar-refractivity contribution in [3.05, 3.63) is 96.6 Å². The van der Waals surface area contributed by atoms with Crippen molar-refractivity contribution in [2.45, 2.75) is 13.8 Å². The van der Waals surface area contributed by atoms with Crippen molar-refractivity contribution in [3.8, 4) is 22.8 Å². The van der Waals surface area contributed by atoms with Gasteiger partial charge in [-0.2, -0.15) is 0 Å². The fourth-order valence-corrected chi connectivity index (χ4v) is 5.42. The van der Waals surface area contributed by atoms with Gasteiger partial charge in [0.15, 0.2) is 23.3 Å². The Labute approximate surface area is 228 Å². The lowest BCUT2D eigenvalue weighted by Crippen LogP contribution is -1.86. The Balaban J connectivity index is 1.60. The molecule has 0 radical (unpaired) electrons. The highest BCUT2D eigenvalue weighted by molar-refractivity contribution is 6.06. The minimum Gasteiger partial charge on any atom is -0.324 e. The lowest BCUT2D eigenvalue weighted by molar-refractivity contribution is 1.12. The van der Waals surface area contributed by atoms with Crippen molar-refractivity contribution in [2.75, 3.05) is 0 Å². The van der Waals surface area contributed by atoms with E-state index in [4.69, 9.17) is 29.9 Å². The highest BCUT2D eigenvalue weighted by Gasteiger charge is 2.21. The number of benzene rings is 3. The summed E-state index contributed by atoms with van der Waals surface area (Å²) in [5, 5.41) is 3.82. The maximum absolute atomic E-state index is 5.02. The number of rotatable bonds is 1. The van der Waals surface area contributed by atoms with Crippen LogP contribution in [0.1, 0.15) is 25.5 Å². The van der Waals surface area contributed by atoms with Gasteiger partial charge < -0.3 is 9.97 Å². The predicted molar refractivity (Wildman–Crippen MR) is 159 cm³/mol. The molecule has 2 N–H and O–H groups in total. The zero-order chi connectivity index (χ0) is 26.8. The fourth-order valence-electron chi connectivity index (χ4n) is 5.42. The van der Waals surface area contributed by atoms with Gasteiger partial charge in [-0.05, 0) is 13.8 Å². The molecule has 2 aliphatic heterocycles. The molecule has 0 amide bonds. The largest absolute Gasteiger partial charge is 0.324 e. The first-order valence-corrected chi connectivity index (χ1v) is 13.1. The van der Waals surface area contributed by atoms with Gasteiger partial charge >= 0.3 is 0 Å². The van der Waals surface area contributed by atoms with Gasteiger partial charge in [0.2, 0.25) is 0 Å². The third-order valence-corrected chi connectivity index (χ3v) is 7.37. The van der Waals surface area contributed by atoms with Crippen molar-refractivity contribution in [2.24, 2.45) is 0 Å². The van der Waals surface area contributed by atoms with E-state index in [1.165, 1.54) is 0 Å². The van der Waals surface area contributed by atoms with Gasteiger partial charge in [-0.1, -0.05) is 84.9 Å². The molecule has 0 saturated carbocycles. The molecule has 0 aliphatic carbocycles. The SMILES string of the molecule is C/C=C\C1=C(C)c2nc1nc1[nH]c(nc3nc(nc4[nH]c(n2)c2ccccc42)-c2ccccc2-3)c2ccccc12. The van der Waals surface area contributed by atoms with E-state index >= 15 is 0 Å². The average molecular weight is 519 g/mol. The molecule has 0 unspecified atom stereocenters. The van der Waals surface area contributed by atoms with Crippen LogP contribution in [0.3, 0.4) is 0 Å². The van der Waals surface area contributed by atoms with E-state index in [9.17, 15) is 0 Å². The second-order valence-electron chi connectivity index (χ2n) is 9.79. The van der Waals surface area contributed by atoms with Crippen molar-refractivity contribution >= 4 is 55.3 Å². The first-order chi connectivity index (χ1) is 19.7. The normalized spacial score (nSPS) is 13.1. The molecule has 5 heterocycles. The quantitative estimate of drug-likeness (QED) is 0.241. The molecule has 2 aliphatic rings. The molecule has 8 heteroatoms. The molecule has 190 valence electrons. The lowest BCUT2D eigenvalue weighted by Gasteiger charge is -1.96. The van der Waals surface area contributed by atoms with E-state index in [-0.39, 0.29) is 0 Å². The van der Waals surface area contributed by atoms with Crippen molar-refractivity contribution < 1.29 is 0 Å². The molecule has 8 bridgehead atoms. The van der Waals surface area contributed by atoms with Crippen molar-refractivity contribution in [3.63, 3.8) is 0 Å². The molecule has 0 saturated heterocycles. The number of aromatic nitrogens is 8. The van der Waals surface area contributed by atoms with Crippen LogP contribution in [0.25, 0.3) is 78.1 Å². The van der Waals surface area contributed by atoms with Gasteiger partial charge in [0.05, 0.1) is 0 Å². The maximum Gasteiger partial charge on any atom is 0.164 e. The van der Waals surface area contributed by atoms with E-state index in [0.717, 1.165) is 43.8 Å². The summed E-state index contributed by atoms with van der Waals surface area (Å²) in [6.07, 6.45) is 4.02.